The Morgan fingerprint density at radius 3 is 2.36 bits per heavy atom. The molecular weight excluding hydrogens is 437 g/mol. The Bertz CT molecular complexity index is 1270. The number of aryl methyl sites for hydroxylation is 1. The monoisotopic (exact) mass is 463 g/mol. The van der Waals surface area contributed by atoms with Gasteiger partial charge < -0.3 is 9.32 Å². The first-order valence-corrected chi connectivity index (χ1v) is 11.5. The Balaban J connectivity index is 1.36. The highest BCUT2D eigenvalue weighted by atomic mass is 32.1. The standard InChI is InChI=1S/C25H26FN5OS/c1-19-23(11-16-32-19)24-27-31(25(33)30(24)17-20-5-3-2-4-6-20)18-28-12-14-29(15-13-28)22-9-7-21(26)8-10-22/h2-11,16H,12-15,17-18H2,1H3. The Kier molecular flexibility index (Phi) is 6.11. The molecule has 1 aliphatic heterocycles. The minimum Gasteiger partial charge on any atom is -0.469 e. The van der Waals surface area contributed by atoms with Crippen molar-refractivity contribution in [1.29, 1.82) is 0 Å². The molecule has 5 rings (SSSR count). The topological polar surface area (TPSA) is 42.4 Å². The lowest BCUT2D eigenvalue weighted by Crippen LogP contribution is -2.47. The summed E-state index contributed by atoms with van der Waals surface area (Å²) in [5.74, 6) is 1.44. The number of aromatic nitrogens is 3. The predicted molar refractivity (Wildman–Crippen MR) is 129 cm³/mol. The number of hydrogen-bond acceptors (Lipinski definition) is 5. The second-order valence-corrected chi connectivity index (χ2v) is 8.66. The molecular formula is C25H26FN5OS. The largest absolute Gasteiger partial charge is 0.469 e. The van der Waals surface area contributed by atoms with Crippen LogP contribution in [-0.4, -0.2) is 45.4 Å². The summed E-state index contributed by atoms with van der Waals surface area (Å²) in [7, 11) is 0. The molecule has 2 aromatic heterocycles. The number of rotatable bonds is 6. The molecule has 1 saturated heterocycles. The van der Waals surface area contributed by atoms with Gasteiger partial charge in [-0.2, -0.15) is 5.10 Å². The second-order valence-electron chi connectivity index (χ2n) is 8.29. The third-order valence-corrected chi connectivity index (χ3v) is 6.54. The molecule has 0 atom stereocenters. The van der Waals surface area contributed by atoms with E-state index in [1.54, 1.807) is 6.26 Å². The van der Waals surface area contributed by atoms with Crippen LogP contribution >= 0.6 is 12.2 Å². The van der Waals surface area contributed by atoms with Crippen LogP contribution in [0.25, 0.3) is 11.4 Å². The van der Waals surface area contributed by atoms with Gasteiger partial charge in [0.25, 0.3) is 0 Å². The van der Waals surface area contributed by atoms with E-state index < -0.39 is 0 Å². The van der Waals surface area contributed by atoms with Crippen LogP contribution < -0.4 is 4.90 Å². The molecule has 0 N–H and O–H groups in total. The molecule has 4 aromatic rings. The first-order valence-electron chi connectivity index (χ1n) is 11.1. The number of furan rings is 1. The van der Waals surface area contributed by atoms with E-state index in [4.69, 9.17) is 21.7 Å². The molecule has 0 spiro atoms. The van der Waals surface area contributed by atoms with Crippen molar-refractivity contribution < 1.29 is 8.81 Å². The maximum atomic E-state index is 13.2. The zero-order valence-corrected chi connectivity index (χ0v) is 19.3. The maximum absolute atomic E-state index is 13.2. The quantitative estimate of drug-likeness (QED) is 0.379. The summed E-state index contributed by atoms with van der Waals surface area (Å²) in [6.45, 7) is 6.73. The number of anilines is 1. The van der Waals surface area contributed by atoms with Crippen molar-refractivity contribution in [3.05, 3.63) is 88.8 Å². The zero-order chi connectivity index (χ0) is 22.8. The van der Waals surface area contributed by atoms with Gasteiger partial charge in [0.15, 0.2) is 10.6 Å². The third kappa shape index (κ3) is 4.62. The minimum absolute atomic E-state index is 0.207. The van der Waals surface area contributed by atoms with Crippen LogP contribution in [0.15, 0.2) is 71.3 Å². The van der Waals surface area contributed by atoms with Crippen LogP contribution in [0.3, 0.4) is 0 Å². The van der Waals surface area contributed by atoms with Gasteiger partial charge in [-0.15, -0.1) is 0 Å². The zero-order valence-electron chi connectivity index (χ0n) is 18.5. The predicted octanol–water partition coefficient (Wildman–Crippen LogP) is 4.95. The van der Waals surface area contributed by atoms with Gasteiger partial charge in [0.2, 0.25) is 0 Å². The highest BCUT2D eigenvalue weighted by Gasteiger charge is 2.21. The molecule has 33 heavy (non-hydrogen) atoms. The summed E-state index contributed by atoms with van der Waals surface area (Å²) in [5, 5.41) is 4.91. The molecule has 0 saturated carbocycles. The lowest BCUT2D eigenvalue weighted by molar-refractivity contribution is 0.194. The fraction of sp³-hybridized carbons (Fsp3) is 0.280. The highest BCUT2D eigenvalue weighted by Crippen LogP contribution is 2.25. The van der Waals surface area contributed by atoms with E-state index >= 15 is 0 Å². The fourth-order valence-corrected chi connectivity index (χ4v) is 4.50. The van der Waals surface area contributed by atoms with Gasteiger partial charge in [-0.25, -0.2) is 9.07 Å². The van der Waals surface area contributed by atoms with Crippen molar-refractivity contribution in [3.63, 3.8) is 0 Å². The van der Waals surface area contributed by atoms with Crippen LogP contribution in [0, 0.1) is 17.5 Å². The molecule has 170 valence electrons. The molecule has 6 nitrogen and oxygen atoms in total. The lowest BCUT2D eigenvalue weighted by Gasteiger charge is -2.35. The fourth-order valence-electron chi connectivity index (χ4n) is 4.25. The minimum atomic E-state index is -0.207. The van der Waals surface area contributed by atoms with E-state index in [2.05, 4.69) is 26.5 Å². The first-order chi connectivity index (χ1) is 16.1. The average Bonchev–Trinajstić information content (AvgIpc) is 3.39. The summed E-state index contributed by atoms with van der Waals surface area (Å²) >= 11 is 5.87. The van der Waals surface area contributed by atoms with Gasteiger partial charge in [-0.3, -0.25) is 9.47 Å². The van der Waals surface area contributed by atoms with Crippen LogP contribution in [0.2, 0.25) is 0 Å². The van der Waals surface area contributed by atoms with Crippen molar-refractivity contribution in [2.45, 2.75) is 20.1 Å². The van der Waals surface area contributed by atoms with Gasteiger partial charge in [0.05, 0.1) is 25.0 Å². The average molecular weight is 464 g/mol. The Morgan fingerprint density at radius 2 is 1.70 bits per heavy atom. The summed E-state index contributed by atoms with van der Waals surface area (Å²) in [4.78, 5) is 4.63. The molecule has 0 aliphatic carbocycles. The molecule has 1 fully saturated rings. The lowest BCUT2D eigenvalue weighted by atomic mass is 10.2. The second kappa shape index (κ2) is 9.33. The normalized spacial score (nSPS) is 14.7. The summed E-state index contributed by atoms with van der Waals surface area (Å²) in [6, 6.07) is 18.9. The number of halogens is 1. The van der Waals surface area contributed by atoms with Crippen molar-refractivity contribution in [2.75, 3.05) is 31.1 Å². The van der Waals surface area contributed by atoms with E-state index in [0.29, 0.717) is 18.0 Å². The third-order valence-electron chi connectivity index (χ3n) is 6.10. The molecule has 1 aliphatic rings. The van der Waals surface area contributed by atoms with Crippen LogP contribution in [0.1, 0.15) is 11.3 Å². The molecule has 0 radical (unpaired) electrons. The molecule has 2 aromatic carbocycles. The molecule has 8 heteroatoms. The van der Waals surface area contributed by atoms with Gasteiger partial charge in [0, 0.05) is 31.9 Å². The Labute approximate surface area is 197 Å². The van der Waals surface area contributed by atoms with Crippen molar-refractivity contribution in [1.82, 2.24) is 19.2 Å². The Hall–Kier alpha value is -3.23. The van der Waals surface area contributed by atoms with E-state index in [9.17, 15) is 4.39 Å². The van der Waals surface area contributed by atoms with Gasteiger partial charge in [-0.05, 0) is 55.0 Å². The SMILES string of the molecule is Cc1occc1-c1nn(CN2CCN(c3ccc(F)cc3)CC2)c(=S)n1Cc1ccccc1. The molecule has 0 bridgehead atoms. The van der Waals surface area contributed by atoms with E-state index in [1.165, 1.54) is 17.7 Å². The summed E-state index contributed by atoms with van der Waals surface area (Å²) in [6.07, 6.45) is 1.69. The maximum Gasteiger partial charge on any atom is 0.199 e. The van der Waals surface area contributed by atoms with E-state index in [0.717, 1.165) is 49.0 Å². The van der Waals surface area contributed by atoms with E-state index in [-0.39, 0.29) is 5.82 Å². The van der Waals surface area contributed by atoms with Gasteiger partial charge in [-0.1, -0.05) is 30.3 Å². The first kappa shape index (κ1) is 21.6. The Morgan fingerprint density at radius 1 is 0.970 bits per heavy atom. The number of benzene rings is 2. The highest BCUT2D eigenvalue weighted by molar-refractivity contribution is 7.71. The van der Waals surface area contributed by atoms with Crippen LogP contribution in [0.5, 0.6) is 0 Å². The van der Waals surface area contributed by atoms with Gasteiger partial charge >= 0.3 is 0 Å². The van der Waals surface area contributed by atoms with Crippen LogP contribution in [-0.2, 0) is 13.2 Å². The molecule has 3 heterocycles. The van der Waals surface area contributed by atoms with Crippen molar-refractivity contribution in [2.24, 2.45) is 0 Å². The van der Waals surface area contributed by atoms with Crippen molar-refractivity contribution in [3.8, 4) is 11.4 Å². The van der Waals surface area contributed by atoms with Gasteiger partial charge in [0.1, 0.15) is 11.6 Å². The van der Waals surface area contributed by atoms with Crippen LogP contribution in [0.4, 0.5) is 10.1 Å². The number of piperazine rings is 1. The molecule has 0 unspecified atom stereocenters. The summed E-state index contributed by atoms with van der Waals surface area (Å²) < 4.78 is 23.5. The van der Waals surface area contributed by atoms with Crippen molar-refractivity contribution >= 4 is 17.9 Å². The summed E-state index contributed by atoms with van der Waals surface area (Å²) in [5.41, 5.74) is 3.18. The number of nitrogens with zero attached hydrogens (tertiary/aromatic N) is 5. The smallest absolute Gasteiger partial charge is 0.199 e. The number of hydrogen-bond donors (Lipinski definition) is 0. The molecule has 0 amide bonds. The van der Waals surface area contributed by atoms with E-state index in [1.807, 2.05) is 48.0 Å².